The highest BCUT2D eigenvalue weighted by Crippen LogP contribution is 2.42. The van der Waals surface area contributed by atoms with Crippen molar-refractivity contribution in [2.24, 2.45) is 5.92 Å². The number of esters is 1. The van der Waals surface area contributed by atoms with Crippen LogP contribution in [0.2, 0.25) is 0 Å². The number of urea groups is 1. The number of ether oxygens (including phenoxy) is 2. The third kappa shape index (κ3) is 4.49. The monoisotopic (exact) mass is 403 g/mol. The number of amides is 4. The Morgan fingerprint density at radius 3 is 2.52 bits per heavy atom. The molecule has 2 N–H and O–H groups in total. The highest BCUT2D eigenvalue weighted by Gasteiger charge is 2.56. The minimum absolute atomic E-state index is 0.0997. The number of benzene rings is 1. The van der Waals surface area contributed by atoms with E-state index in [1.54, 1.807) is 26.2 Å². The molecule has 2 atom stereocenters. The Morgan fingerprint density at radius 2 is 1.93 bits per heavy atom. The third-order valence-electron chi connectivity index (χ3n) is 5.29. The molecular weight excluding hydrogens is 378 g/mol. The van der Waals surface area contributed by atoms with E-state index >= 15 is 0 Å². The van der Waals surface area contributed by atoms with Crippen LogP contribution in [-0.4, -0.2) is 54.0 Å². The van der Waals surface area contributed by atoms with Crippen LogP contribution in [0.5, 0.6) is 5.75 Å². The normalized spacial score (nSPS) is 22.1. The van der Waals surface area contributed by atoms with Gasteiger partial charge in [-0.1, -0.05) is 12.1 Å². The van der Waals surface area contributed by atoms with Gasteiger partial charge in [-0.15, -0.1) is 0 Å². The van der Waals surface area contributed by atoms with Gasteiger partial charge in [0.2, 0.25) is 0 Å². The van der Waals surface area contributed by atoms with Crippen LogP contribution < -0.4 is 15.4 Å². The lowest BCUT2D eigenvalue weighted by molar-refractivity contribution is -0.156. The number of hydrogen-bond donors (Lipinski definition) is 2. The second-order valence-corrected chi connectivity index (χ2v) is 7.50. The summed E-state index contributed by atoms with van der Waals surface area (Å²) in [6.45, 7) is 2.84. The zero-order chi connectivity index (χ0) is 21.2. The summed E-state index contributed by atoms with van der Waals surface area (Å²) >= 11 is 0. The Labute approximate surface area is 168 Å². The van der Waals surface area contributed by atoms with Crippen molar-refractivity contribution >= 4 is 23.8 Å². The molecular formula is C20H25N3O6. The molecule has 4 amide bonds. The number of carbonyl (C=O) groups excluding carboxylic acids is 4. The number of hydrogen-bond acceptors (Lipinski definition) is 6. The molecule has 29 heavy (non-hydrogen) atoms. The predicted octanol–water partition coefficient (Wildman–Crippen LogP) is 0.964. The lowest BCUT2D eigenvalue weighted by Gasteiger charge is -2.21. The number of nitrogens with zero attached hydrogens (tertiary/aromatic N) is 1. The van der Waals surface area contributed by atoms with Crippen molar-refractivity contribution in [1.82, 2.24) is 15.5 Å². The zero-order valence-electron chi connectivity index (χ0n) is 16.7. The van der Waals surface area contributed by atoms with Gasteiger partial charge in [0, 0.05) is 6.54 Å². The number of methoxy groups -OCH3 is 1. The van der Waals surface area contributed by atoms with E-state index in [0.717, 1.165) is 23.3 Å². The van der Waals surface area contributed by atoms with Gasteiger partial charge in [-0.25, -0.2) is 4.79 Å². The molecule has 2 fully saturated rings. The molecule has 1 saturated carbocycles. The summed E-state index contributed by atoms with van der Waals surface area (Å²) in [5.74, 6) is -0.920. The molecule has 0 bridgehead atoms. The van der Waals surface area contributed by atoms with Crippen molar-refractivity contribution in [1.29, 1.82) is 0 Å². The van der Waals surface area contributed by atoms with Gasteiger partial charge in [0.05, 0.1) is 7.11 Å². The molecule has 9 nitrogen and oxygen atoms in total. The van der Waals surface area contributed by atoms with E-state index < -0.39 is 42.0 Å². The maximum atomic E-state index is 12.5. The quantitative estimate of drug-likeness (QED) is 0.494. The molecule has 1 aromatic rings. The summed E-state index contributed by atoms with van der Waals surface area (Å²) in [5.41, 5.74) is -0.102. The Hall–Kier alpha value is -3.10. The molecule has 1 heterocycles. The second kappa shape index (κ2) is 8.10. The summed E-state index contributed by atoms with van der Waals surface area (Å²) in [4.78, 5) is 49.8. The molecule has 0 unspecified atom stereocenters. The van der Waals surface area contributed by atoms with Gasteiger partial charge in [-0.05, 0) is 50.3 Å². The first-order valence-electron chi connectivity index (χ1n) is 9.49. The number of carbonyl (C=O) groups is 4. The third-order valence-corrected chi connectivity index (χ3v) is 5.29. The van der Waals surface area contributed by atoms with E-state index in [4.69, 9.17) is 9.47 Å². The van der Waals surface area contributed by atoms with Gasteiger partial charge in [0.1, 0.15) is 17.8 Å². The SMILES string of the molecule is COc1ccc(CNC(=O)[C@H](C)OC(=O)CN2C(=O)N[C@](C)(C3CC3)C2=O)cc1. The number of nitrogens with one attached hydrogen (secondary N) is 2. The van der Waals surface area contributed by atoms with Gasteiger partial charge in [-0.2, -0.15) is 0 Å². The van der Waals surface area contributed by atoms with Crippen molar-refractivity contribution in [3.05, 3.63) is 29.8 Å². The molecule has 3 rings (SSSR count). The van der Waals surface area contributed by atoms with Gasteiger partial charge in [0.15, 0.2) is 6.10 Å². The Kier molecular flexibility index (Phi) is 5.76. The molecule has 1 aromatic carbocycles. The summed E-state index contributed by atoms with van der Waals surface area (Å²) < 4.78 is 10.2. The van der Waals surface area contributed by atoms with Crippen molar-refractivity contribution in [3.8, 4) is 5.75 Å². The van der Waals surface area contributed by atoms with Crippen LogP contribution in [0.3, 0.4) is 0 Å². The average molecular weight is 403 g/mol. The van der Waals surface area contributed by atoms with Crippen molar-refractivity contribution in [2.45, 2.75) is 44.9 Å². The van der Waals surface area contributed by atoms with E-state index in [9.17, 15) is 19.2 Å². The van der Waals surface area contributed by atoms with E-state index in [-0.39, 0.29) is 12.5 Å². The van der Waals surface area contributed by atoms with Crippen molar-refractivity contribution in [3.63, 3.8) is 0 Å². The zero-order valence-corrected chi connectivity index (χ0v) is 16.7. The van der Waals surface area contributed by atoms with E-state index in [1.807, 2.05) is 12.1 Å². The first-order chi connectivity index (χ1) is 13.7. The predicted molar refractivity (Wildman–Crippen MR) is 102 cm³/mol. The topological polar surface area (TPSA) is 114 Å². The maximum absolute atomic E-state index is 12.5. The fourth-order valence-electron chi connectivity index (χ4n) is 3.29. The fraction of sp³-hybridized carbons (Fsp3) is 0.500. The van der Waals surface area contributed by atoms with Crippen LogP contribution in [0.15, 0.2) is 24.3 Å². The molecule has 9 heteroatoms. The molecule has 2 aliphatic rings. The van der Waals surface area contributed by atoms with Crippen LogP contribution in [-0.2, 0) is 25.7 Å². The van der Waals surface area contributed by atoms with Crippen LogP contribution in [0.25, 0.3) is 0 Å². The number of rotatable bonds is 8. The molecule has 1 aliphatic heterocycles. The molecule has 0 aromatic heterocycles. The van der Waals surface area contributed by atoms with Gasteiger partial charge >= 0.3 is 12.0 Å². The smallest absolute Gasteiger partial charge is 0.327 e. The second-order valence-electron chi connectivity index (χ2n) is 7.50. The van der Waals surface area contributed by atoms with Crippen LogP contribution in [0.4, 0.5) is 4.79 Å². The minimum Gasteiger partial charge on any atom is -0.497 e. The van der Waals surface area contributed by atoms with Crippen molar-refractivity contribution < 1.29 is 28.7 Å². The van der Waals surface area contributed by atoms with Crippen molar-refractivity contribution in [2.75, 3.05) is 13.7 Å². The van der Waals surface area contributed by atoms with Gasteiger partial charge in [-0.3, -0.25) is 19.3 Å². The minimum atomic E-state index is -1.06. The summed E-state index contributed by atoms with van der Waals surface area (Å²) in [5, 5.41) is 5.33. The van der Waals surface area contributed by atoms with Crippen LogP contribution in [0.1, 0.15) is 32.3 Å². The van der Waals surface area contributed by atoms with Gasteiger partial charge < -0.3 is 20.1 Å². The fourth-order valence-corrected chi connectivity index (χ4v) is 3.29. The van der Waals surface area contributed by atoms with E-state index in [1.165, 1.54) is 6.92 Å². The first-order valence-corrected chi connectivity index (χ1v) is 9.49. The van der Waals surface area contributed by atoms with Crippen LogP contribution in [0, 0.1) is 5.92 Å². The summed E-state index contributed by atoms with van der Waals surface area (Å²) in [6, 6.07) is 6.56. The lowest BCUT2D eigenvalue weighted by atomic mass is 9.96. The molecule has 1 saturated heterocycles. The Balaban J connectivity index is 1.47. The van der Waals surface area contributed by atoms with E-state index in [2.05, 4.69) is 10.6 Å². The summed E-state index contributed by atoms with van der Waals surface area (Å²) in [7, 11) is 1.57. The Morgan fingerprint density at radius 1 is 1.28 bits per heavy atom. The molecule has 1 aliphatic carbocycles. The van der Waals surface area contributed by atoms with E-state index in [0.29, 0.717) is 5.75 Å². The highest BCUT2D eigenvalue weighted by atomic mass is 16.5. The lowest BCUT2D eigenvalue weighted by Crippen LogP contribution is -2.46. The molecule has 0 spiro atoms. The molecule has 156 valence electrons. The molecule has 0 radical (unpaired) electrons. The summed E-state index contributed by atoms with van der Waals surface area (Å²) in [6.07, 6.45) is 0.676. The Bertz CT molecular complexity index is 820. The average Bonchev–Trinajstić information content (AvgIpc) is 3.52. The highest BCUT2D eigenvalue weighted by molar-refractivity contribution is 6.08. The largest absolute Gasteiger partial charge is 0.497 e. The first kappa shape index (κ1) is 20.6. The maximum Gasteiger partial charge on any atom is 0.327 e. The van der Waals surface area contributed by atoms with Crippen LogP contribution >= 0.6 is 0 Å². The standard InChI is InChI=1S/C20H25N3O6/c1-12(17(25)21-10-13-4-8-15(28-3)9-5-13)29-16(24)11-23-18(26)20(2,14-6-7-14)22-19(23)27/h4-5,8-9,12,14H,6-7,10-11H2,1-3H3,(H,21,25)(H,22,27)/t12-,20+/m0/s1. The van der Waals surface area contributed by atoms with Gasteiger partial charge in [0.25, 0.3) is 11.8 Å². The number of imide groups is 1.